The summed E-state index contributed by atoms with van der Waals surface area (Å²) >= 11 is 1.58. The largest absolute Gasteiger partial charge is 0.334 e. The van der Waals surface area contributed by atoms with E-state index < -0.39 is 9.84 Å². The molecule has 112 valence electrons. The highest BCUT2D eigenvalue weighted by Gasteiger charge is 2.28. The molecule has 0 aliphatic carbocycles. The Kier molecular flexibility index (Phi) is 4.64. The molecule has 0 bridgehead atoms. The highest BCUT2D eigenvalue weighted by molar-refractivity contribution is 7.91. The molecule has 0 aromatic carbocycles. The van der Waals surface area contributed by atoms with Crippen molar-refractivity contribution in [2.24, 2.45) is 0 Å². The van der Waals surface area contributed by atoms with Gasteiger partial charge in [-0.3, -0.25) is 0 Å². The first-order valence-corrected chi connectivity index (χ1v) is 9.25. The highest BCUT2D eigenvalue weighted by Crippen LogP contribution is 2.18. The maximum atomic E-state index is 11.7. The van der Waals surface area contributed by atoms with Gasteiger partial charge in [-0.1, -0.05) is 13.8 Å². The van der Waals surface area contributed by atoms with Gasteiger partial charge < -0.3 is 10.6 Å². The third-order valence-electron chi connectivity index (χ3n) is 3.06. The van der Waals surface area contributed by atoms with Gasteiger partial charge in [-0.25, -0.2) is 18.2 Å². The Bertz CT molecular complexity index is 581. The number of nitrogens with one attached hydrogen (secondary N) is 2. The second-order valence-electron chi connectivity index (χ2n) is 5.26. The molecular formula is C12H19N3O3S2. The molecule has 1 unspecified atom stereocenters. The van der Waals surface area contributed by atoms with E-state index in [0.717, 1.165) is 10.7 Å². The first kappa shape index (κ1) is 15.2. The minimum atomic E-state index is -2.97. The highest BCUT2D eigenvalue weighted by atomic mass is 32.2. The van der Waals surface area contributed by atoms with Crippen LogP contribution in [0.4, 0.5) is 4.79 Å². The third-order valence-corrected chi connectivity index (χ3v) is 6.02. The number of rotatable bonds is 4. The summed E-state index contributed by atoms with van der Waals surface area (Å²) in [5.41, 5.74) is 0.827. The Morgan fingerprint density at radius 1 is 1.55 bits per heavy atom. The van der Waals surface area contributed by atoms with Gasteiger partial charge in [0, 0.05) is 17.3 Å². The maximum absolute atomic E-state index is 11.7. The standard InChI is InChI=1S/C12H19N3O3S2/c1-8(2)11-14-10(6-19-11)5-13-12(16)15-9-3-4-20(17,18)7-9/h6,8-9H,3-5,7H2,1-2H3,(H2,13,15,16). The van der Waals surface area contributed by atoms with Crippen LogP contribution in [-0.2, 0) is 16.4 Å². The summed E-state index contributed by atoms with van der Waals surface area (Å²) in [5, 5.41) is 8.36. The lowest BCUT2D eigenvalue weighted by Gasteiger charge is -2.11. The van der Waals surface area contributed by atoms with Crippen molar-refractivity contribution in [3.63, 3.8) is 0 Å². The first-order chi connectivity index (χ1) is 9.35. The summed E-state index contributed by atoms with van der Waals surface area (Å²) in [6, 6.07) is -0.618. The van der Waals surface area contributed by atoms with E-state index in [4.69, 9.17) is 0 Å². The van der Waals surface area contributed by atoms with Crippen molar-refractivity contribution in [3.8, 4) is 0 Å². The number of urea groups is 1. The van der Waals surface area contributed by atoms with Gasteiger partial charge >= 0.3 is 6.03 Å². The summed E-state index contributed by atoms with van der Waals surface area (Å²) < 4.78 is 22.6. The number of carbonyl (C=O) groups is 1. The number of nitrogens with zero attached hydrogens (tertiary/aromatic N) is 1. The molecule has 6 nitrogen and oxygen atoms in total. The summed E-state index contributed by atoms with van der Waals surface area (Å²) in [6.45, 7) is 4.50. The first-order valence-electron chi connectivity index (χ1n) is 6.55. The number of thiazole rings is 1. The molecule has 0 saturated carbocycles. The third kappa shape index (κ3) is 4.17. The quantitative estimate of drug-likeness (QED) is 0.875. The van der Waals surface area contributed by atoms with Crippen molar-refractivity contribution in [3.05, 3.63) is 16.1 Å². The van der Waals surface area contributed by atoms with Crippen LogP contribution >= 0.6 is 11.3 Å². The van der Waals surface area contributed by atoms with Crippen LogP contribution in [0.5, 0.6) is 0 Å². The zero-order valence-electron chi connectivity index (χ0n) is 11.5. The molecule has 1 fully saturated rings. The fourth-order valence-corrected chi connectivity index (χ4v) is 4.49. The van der Waals surface area contributed by atoms with Gasteiger partial charge in [0.15, 0.2) is 9.84 Å². The van der Waals surface area contributed by atoms with Crippen molar-refractivity contribution >= 4 is 27.2 Å². The van der Waals surface area contributed by atoms with Gasteiger partial charge in [0.05, 0.1) is 28.8 Å². The molecule has 1 saturated heterocycles. The molecule has 1 aromatic rings. The maximum Gasteiger partial charge on any atom is 0.315 e. The predicted octanol–water partition coefficient (Wildman–Crippen LogP) is 1.25. The van der Waals surface area contributed by atoms with E-state index in [9.17, 15) is 13.2 Å². The average Bonchev–Trinajstić information content (AvgIpc) is 2.93. The van der Waals surface area contributed by atoms with Gasteiger partial charge in [-0.15, -0.1) is 11.3 Å². The molecular weight excluding hydrogens is 298 g/mol. The Morgan fingerprint density at radius 2 is 2.30 bits per heavy atom. The molecule has 2 rings (SSSR count). The van der Waals surface area contributed by atoms with Crippen molar-refractivity contribution in [1.29, 1.82) is 0 Å². The topological polar surface area (TPSA) is 88.2 Å². The molecule has 1 aromatic heterocycles. The fraction of sp³-hybridized carbons (Fsp3) is 0.667. The van der Waals surface area contributed by atoms with Gasteiger partial charge in [-0.2, -0.15) is 0 Å². The summed E-state index contributed by atoms with van der Waals surface area (Å²) in [7, 11) is -2.97. The van der Waals surface area contributed by atoms with E-state index in [1.54, 1.807) is 11.3 Å². The van der Waals surface area contributed by atoms with E-state index in [2.05, 4.69) is 29.5 Å². The van der Waals surface area contributed by atoms with E-state index in [-0.39, 0.29) is 23.6 Å². The number of carbonyl (C=O) groups excluding carboxylic acids is 1. The zero-order chi connectivity index (χ0) is 14.8. The van der Waals surface area contributed by atoms with Gasteiger partial charge in [0.2, 0.25) is 0 Å². The van der Waals surface area contributed by atoms with E-state index >= 15 is 0 Å². The fourth-order valence-electron chi connectivity index (χ4n) is 1.99. The molecule has 2 N–H and O–H groups in total. The Labute approximate surface area is 122 Å². The van der Waals surface area contributed by atoms with Gasteiger partial charge in [-0.05, 0) is 6.42 Å². The molecule has 1 aliphatic heterocycles. The van der Waals surface area contributed by atoms with Gasteiger partial charge in [0.1, 0.15) is 0 Å². The number of hydrogen-bond donors (Lipinski definition) is 2. The second-order valence-corrected chi connectivity index (χ2v) is 8.38. The van der Waals surface area contributed by atoms with Crippen LogP contribution in [0.3, 0.4) is 0 Å². The lowest BCUT2D eigenvalue weighted by molar-refractivity contribution is 0.237. The summed E-state index contributed by atoms with van der Waals surface area (Å²) in [5.74, 6) is 0.572. The Balaban J connectivity index is 1.77. The summed E-state index contributed by atoms with van der Waals surface area (Å²) in [4.78, 5) is 16.1. The van der Waals surface area contributed by atoms with E-state index in [1.807, 2.05) is 5.38 Å². The number of amides is 2. The second kappa shape index (κ2) is 6.09. The minimum Gasteiger partial charge on any atom is -0.334 e. The molecule has 1 aliphatic rings. The van der Waals surface area contributed by atoms with Crippen molar-refractivity contribution < 1.29 is 13.2 Å². The van der Waals surface area contributed by atoms with Crippen LogP contribution in [0.15, 0.2) is 5.38 Å². The Hall–Kier alpha value is -1.15. The minimum absolute atomic E-state index is 0.0363. The Morgan fingerprint density at radius 3 is 2.85 bits per heavy atom. The SMILES string of the molecule is CC(C)c1nc(CNC(=O)NC2CCS(=O)(=O)C2)cs1. The summed E-state index contributed by atoms with van der Waals surface area (Å²) in [6.07, 6.45) is 0.490. The van der Waals surface area contributed by atoms with Crippen LogP contribution in [0.2, 0.25) is 0 Å². The smallest absolute Gasteiger partial charge is 0.315 e. The lowest BCUT2D eigenvalue weighted by atomic mass is 10.2. The van der Waals surface area contributed by atoms with Crippen molar-refractivity contribution in [1.82, 2.24) is 15.6 Å². The van der Waals surface area contributed by atoms with Crippen LogP contribution in [0, 0.1) is 0 Å². The van der Waals surface area contributed by atoms with Crippen LogP contribution in [-0.4, -0.2) is 37.0 Å². The zero-order valence-corrected chi connectivity index (χ0v) is 13.2. The van der Waals surface area contributed by atoms with Crippen molar-refractivity contribution in [2.75, 3.05) is 11.5 Å². The normalized spacial score (nSPS) is 21.1. The molecule has 1 atom stereocenters. The van der Waals surface area contributed by atoms with E-state index in [1.165, 1.54) is 0 Å². The van der Waals surface area contributed by atoms with E-state index in [0.29, 0.717) is 18.9 Å². The molecule has 2 heterocycles. The van der Waals surface area contributed by atoms with Gasteiger partial charge in [0.25, 0.3) is 0 Å². The average molecular weight is 317 g/mol. The molecule has 8 heteroatoms. The lowest BCUT2D eigenvalue weighted by Crippen LogP contribution is -2.42. The number of hydrogen-bond acceptors (Lipinski definition) is 5. The number of aromatic nitrogens is 1. The monoisotopic (exact) mass is 317 g/mol. The van der Waals surface area contributed by atoms with Crippen LogP contribution in [0.1, 0.15) is 36.9 Å². The molecule has 2 amide bonds. The molecule has 0 radical (unpaired) electrons. The van der Waals surface area contributed by atoms with Crippen LogP contribution < -0.4 is 10.6 Å². The molecule has 20 heavy (non-hydrogen) atoms. The molecule has 0 spiro atoms. The van der Waals surface area contributed by atoms with Crippen molar-refractivity contribution in [2.45, 2.75) is 38.8 Å². The predicted molar refractivity (Wildman–Crippen MR) is 78.6 cm³/mol. The van der Waals surface area contributed by atoms with Crippen LogP contribution in [0.25, 0.3) is 0 Å². The number of sulfone groups is 1.